The molecule has 2 aromatic heterocycles. The van der Waals surface area contributed by atoms with E-state index in [1.54, 1.807) is 12.4 Å². The summed E-state index contributed by atoms with van der Waals surface area (Å²) in [6, 6.07) is 19.1. The number of nitrogens with one attached hydrogen (secondary N) is 2. The number of aromatic nitrogens is 2. The van der Waals surface area contributed by atoms with Crippen molar-refractivity contribution in [3.05, 3.63) is 102 Å². The number of benzene rings is 2. The number of amides is 1. The van der Waals surface area contributed by atoms with Gasteiger partial charge in [0.1, 0.15) is 24.9 Å². The van der Waals surface area contributed by atoms with Gasteiger partial charge in [-0.15, -0.1) is 0 Å². The maximum Gasteiger partial charge on any atom is 0.407 e. The van der Waals surface area contributed by atoms with Gasteiger partial charge >= 0.3 is 12.1 Å². The Bertz CT molecular complexity index is 1350. The minimum Gasteiger partial charge on any atom is -0.460 e. The van der Waals surface area contributed by atoms with Gasteiger partial charge in [-0.2, -0.15) is 0 Å². The van der Waals surface area contributed by atoms with Gasteiger partial charge in [0.05, 0.1) is 0 Å². The molecule has 7 nitrogen and oxygen atoms in total. The van der Waals surface area contributed by atoms with Crippen molar-refractivity contribution in [3.8, 4) is 11.1 Å². The lowest BCUT2D eigenvalue weighted by molar-refractivity contribution is -0.144. The van der Waals surface area contributed by atoms with Crippen LogP contribution in [0.15, 0.2) is 85.7 Å². The van der Waals surface area contributed by atoms with E-state index in [0.29, 0.717) is 5.65 Å². The highest BCUT2D eigenvalue weighted by atomic mass is 16.6. The first kappa shape index (κ1) is 22.4. The lowest BCUT2D eigenvalue weighted by atomic mass is 9.98. The number of pyridine rings is 1. The number of H-pyrrole nitrogens is 1. The van der Waals surface area contributed by atoms with E-state index in [0.717, 1.165) is 33.2 Å². The van der Waals surface area contributed by atoms with Crippen LogP contribution in [0.4, 0.5) is 4.79 Å². The van der Waals surface area contributed by atoms with Crippen molar-refractivity contribution in [1.82, 2.24) is 15.3 Å². The van der Waals surface area contributed by atoms with Crippen molar-refractivity contribution in [1.29, 1.82) is 0 Å². The number of rotatable bonds is 8. The molecule has 4 aromatic rings. The molecule has 1 aliphatic rings. The van der Waals surface area contributed by atoms with Gasteiger partial charge in [0, 0.05) is 30.1 Å². The molecule has 0 spiro atoms. The number of hydrogen-bond acceptors (Lipinski definition) is 5. The summed E-state index contributed by atoms with van der Waals surface area (Å²) in [5, 5.41) is 3.57. The Morgan fingerprint density at radius 2 is 1.74 bits per heavy atom. The third-order valence-corrected chi connectivity index (χ3v) is 6.22. The van der Waals surface area contributed by atoms with Gasteiger partial charge in [-0.3, -0.25) is 0 Å². The molecule has 0 radical (unpaired) electrons. The van der Waals surface area contributed by atoms with E-state index in [4.69, 9.17) is 9.47 Å². The zero-order chi connectivity index (χ0) is 24.2. The van der Waals surface area contributed by atoms with Crippen LogP contribution >= 0.6 is 0 Å². The van der Waals surface area contributed by atoms with Crippen molar-refractivity contribution in [2.75, 3.05) is 13.2 Å². The van der Waals surface area contributed by atoms with E-state index >= 15 is 0 Å². The van der Waals surface area contributed by atoms with Crippen LogP contribution in [0, 0.1) is 0 Å². The predicted molar refractivity (Wildman–Crippen MR) is 133 cm³/mol. The molecule has 1 amide bonds. The summed E-state index contributed by atoms with van der Waals surface area (Å²) in [5.74, 6) is -0.629. The highest BCUT2D eigenvalue weighted by Gasteiger charge is 2.30. The third kappa shape index (κ3) is 4.53. The molecule has 1 aliphatic carbocycles. The molecular weight excluding hydrogens is 442 g/mol. The SMILES string of the molecule is C=CCOC(=O)[C@H](Cc1c[nH]c2ncccc12)NC(=O)OCC1c2ccccc2-c2ccccc21. The predicted octanol–water partition coefficient (Wildman–Crippen LogP) is 4.74. The fourth-order valence-electron chi connectivity index (χ4n) is 4.62. The number of esters is 1. The number of alkyl carbamates (subject to hydrolysis) is 1. The summed E-state index contributed by atoms with van der Waals surface area (Å²) in [4.78, 5) is 32.9. The second-order valence-corrected chi connectivity index (χ2v) is 8.36. The van der Waals surface area contributed by atoms with Gasteiger partial charge in [-0.05, 0) is 39.9 Å². The van der Waals surface area contributed by atoms with Crippen LogP contribution in [0.25, 0.3) is 22.2 Å². The highest BCUT2D eigenvalue weighted by Crippen LogP contribution is 2.44. The van der Waals surface area contributed by atoms with Gasteiger partial charge < -0.3 is 19.8 Å². The number of carbonyl (C=O) groups excluding carboxylic acids is 2. The standard InChI is InChI=1S/C28H25N3O4/c1-2-14-34-27(32)25(15-18-16-30-26-19(18)12-7-13-29-26)31-28(33)35-17-24-22-10-5-3-8-20(22)21-9-4-6-11-23(21)24/h2-13,16,24-25H,1,14-15,17H2,(H,29,30)(H,31,33)/t25-/m0/s1. The van der Waals surface area contributed by atoms with Crippen molar-refractivity contribution >= 4 is 23.1 Å². The van der Waals surface area contributed by atoms with E-state index in [1.807, 2.05) is 36.4 Å². The summed E-state index contributed by atoms with van der Waals surface area (Å²) in [6.07, 6.45) is 4.51. The molecule has 35 heavy (non-hydrogen) atoms. The Labute approximate surface area is 202 Å². The molecule has 0 bridgehead atoms. The molecule has 0 saturated heterocycles. The lowest BCUT2D eigenvalue weighted by Gasteiger charge is -2.19. The molecule has 0 fully saturated rings. The zero-order valence-electron chi connectivity index (χ0n) is 19.1. The van der Waals surface area contributed by atoms with E-state index in [1.165, 1.54) is 6.08 Å². The number of aromatic amines is 1. The van der Waals surface area contributed by atoms with Crippen molar-refractivity contribution in [3.63, 3.8) is 0 Å². The van der Waals surface area contributed by atoms with E-state index < -0.39 is 18.1 Å². The lowest BCUT2D eigenvalue weighted by Crippen LogP contribution is -2.44. The maximum absolute atomic E-state index is 12.8. The number of ether oxygens (including phenoxy) is 2. The van der Waals surface area contributed by atoms with Gasteiger partial charge in [0.25, 0.3) is 0 Å². The van der Waals surface area contributed by atoms with Crippen molar-refractivity contribution < 1.29 is 19.1 Å². The molecule has 7 heteroatoms. The Hall–Kier alpha value is -4.39. The average Bonchev–Trinajstić information content (AvgIpc) is 3.44. The zero-order valence-corrected chi connectivity index (χ0v) is 19.1. The monoisotopic (exact) mass is 467 g/mol. The maximum atomic E-state index is 12.8. The van der Waals surface area contributed by atoms with E-state index in [9.17, 15) is 9.59 Å². The van der Waals surface area contributed by atoms with Gasteiger partial charge in [-0.25, -0.2) is 14.6 Å². The molecule has 2 aromatic carbocycles. The normalized spacial score (nSPS) is 13.0. The number of carbonyl (C=O) groups is 2. The summed E-state index contributed by atoms with van der Waals surface area (Å²) < 4.78 is 10.9. The van der Waals surface area contributed by atoms with E-state index in [-0.39, 0.29) is 25.6 Å². The first-order valence-electron chi connectivity index (χ1n) is 11.5. The molecule has 176 valence electrons. The summed E-state index contributed by atoms with van der Waals surface area (Å²) in [6.45, 7) is 3.79. The smallest absolute Gasteiger partial charge is 0.407 e. The van der Waals surface area contributed by atoms with Crippen LogP contribution in [0.1, 0.15) is 22.6 Å². The largest absolute Gasteiger partial charge is 0.460 e. The van der Waals surface area contributed by atoms with Gasteiger partial charge in [0.15, 0.2) is 0 Å². The second-order valence-electron chi connectivity index (χ2n) is 8.36. The average molecular weight is 468 g/mol. The first-order valence-corrected chi connectivity index (χ1v) is 11.5. The summed E-state index contributed by atoms with van der Waals surface area (Å²) in [7, 11) is 0. The molecule has 5 rings (SSSR count). The Morgan fingerprint density at radius 3 is 2.46 bits per heavy atom. The van der Waals surface area contributed by atoms with Crippen LogP contribution in [0.2, 0.25) is 0 Å². The minimum atomic E-state index is -0.926. The van der Waals surface area contributed by atoms with Crippen molar-refractivity contribution in [2.24, 2.45) is 0 Å². The molecule has 2 N–H and O–H groups in total. The Balaban J connectivity index is 1.30. The quantitative estimate of drug-likeness (QED) is 0.288. The number of fused-ring (bicyclic) bond motifs is 4. The molecular formula is C28H25N3O4. The summed E-state index contributed by atoms with van der Waals surface area (Å²) in [5.41, 5.74) is 6.09. The minimum absolute atomic E-state index is 0.0527. The van der Waals surface area contributed by atoms with Crippen LogP contribution in [0.3, 0.4) is 0 Å². The Morgan fingerprint density at radius 1 is 1.03 bits per heavy atom. The third-order valence-electron chi connectivity index (χ3n) is 6.22. The first-order chi connectivity index (χ1) is 17.2. The molecule has 1 atom stereocenters. The van der Waals surface area contributed by atoms with E-state index in [2.05, 4.69) is 46.1 Å². The van der Waals surface area contributed by atoms with Crippen molar-refractivity contribution in [2.45, 2.75) is 18.4 Å². The van der Waals surface area contributed by atoms with Crippen LogP contribution in [-0.2, 0) is 20.7 Å². The topological polar surface area (TPSA) is 93.3 Å². The Kier molecular flexibility index (Phi) is 6.30. The van der Waals surface area contributed by atoms with Gasteiger partial charge in [0.2, 0.25) is 0 Å². The molecule has 0 unspecified atom stereocenters. The summed E-state index contributed by atoms with van der Waals surface area (Å²) >= 11 is 0. The molecule has 0 aliphatic heterocycles. The fourth-order valence-corrected chi connectivity index (χ4v) is 4.62. The highest BCUT2D eigenvalue weighted by molar-refractivity contribution is 5.85. The molecule has 0 saturated carbocycles. The van der Waals surface area contributed by atoms with Crippen LogP contribution in [0.5, 0.6) is 0 Å². The number of hydrogen-bond donors (Lipinski definition) is 2. The van der Waals surface area contributed by atoms with Gasteiger partial charge in [-0.1, -0.05) is 61.2 Å². The molecule has 2 heterocycles. The van der Waals surface area contributed by atoms with Crippen LogP contribution in [-0.4, -0.2) is 41.3 Å². The second kappa shape index (κ2) is 9.85. The number of nitrogens with zero attached hydrogens (tertiary/aromatic N) is 1. The fraction of sp³-hybridized carbons (Fsp3) is 0.179. The van der Waals surface area contributed by atoms with Crippen LogP contribution < -0.4 is 5.32 Å².